The molecule has 10 heteroatoms. The molecule has 0 aliphatic rings. The smallest absolute Gasteiger partial charge is 0.333 e. The molecule has 148 valence electrons. The number of aryl methyl sites for hydroxylation is 1. The van der Waals surface area contributed by atoms with Crippen LogP contribution in [-0.2, 0) is 19.6 Å². The van der Waals surface area contributed by atoms with Gasteiger partial charge in [-0.3, -0.25) is 4.98 Å². The number of pyridine rings is 1. The van der Waals surface area contributed by atoms with Gasteiger partial charge in [0.1, 0.15) is 17.2 Å². The SMILES string of the molecule is [2H]C([2H])([2H])n1cc(C(F)(F)F)nc1-c1ccc(Cc2nc(Cl)nc3cccnc23)cc1F. The van der Waals surface area contributed by atoms with Crippen molar-refractivity contribution < 1.29 is 21.7 Å². The zero-order valence-electron chi connectivity index (χ0n) is 17.4. The van der Waals surface area contributed by atoms with E-state index in [1.807, 2.05) is 0 Å². The summed E-state index contributed by atoms with van der Waals surface area (Å²) < 4.78 is 76.9. The van der Waals surface area contributed by atoms with E-state index >= 15 is 0 Å². The highest BCUT2D eigenvalue weighted by molar-refractivity contribution is 6.28. The van der Waals surface area contributed by atoms with Crippen LogP contribution in [0, 0.1) is 5.82 Å². The van der Waals surface area contributed by atoms with Crippen molar-refractivity contribution in [2.75, 3.05) is 0 Å². The van der Waals surface area contributed by atoms with E-state index in [0.717, 1.165) is 6.07 Å². The minimum atomic E-state index is -4.89. The van der Waals surface area contributed by atoms with Crippen molar-refractivity contribution in [2.24, 2.45) is 6.98 Å². The van der Waals surface area contributed by atoms with Crippen molar-refractivity contribution in [3.8, 4) is 11.4 Å². The monoisotopic (exact) mass is 424 g/mol. The molecule has 0 amide bonds. The van der Waals surface area contributed by atoms with Gasteiger partial charge < -0.3 is 4.57 Å². The average Bonchev–Trinajstić information content (AvgIpc) is 3.14. The van der Waals surface area contributed by atoms with E-state index in [9.17, 15) is 17.6 Å². The number of imidazole rings is 1. The largest absolute Gasteiger partial charge is 0.434 e. The molecule has 0 bridgehead atoms. The van der Waals surface area contributed by atoms with Gasteiger partial charge in [0.2, 0.25) is 5.28 Å². The molecule has 3 aromatic heterocycles. The number of aromatic nitrogens is 5. The maximum Gasteiger partial charge on any atom is 0.434 e. The summed E-state index contributed by atoms with van der Waals surface area (Å²) in [5, 5.41) is -0.0167. The number of fused-ring (bicyclic) bond motifs is 1. The van der Waals surface area contributed by atoms with E-state index in [1.165, 1.54) is 12.1 Å². The summed E-state index contributed by atoms with van der Waals surface area (Å²) in [7, 11) is 0. The van der Waals surface area contributed by atoms with Gasteiger partial charge >= 0.3 is 6.18 Å². The molecule has 0 atom stereocenters. The number of alkyl halides is 3. The van der Waals surface area contributed by atoms with Crippen molar-refractivity contribution in [3.63, 3.8) is 0 Å². The second kappa shape index (κ2) is 7.07. The molecule has 4 aromatic rings. The molecule has 4 rings (SSSR count). The number of nitrogens with zero attached hydrogens (tertiary/aromatic N) is 5. The molecule has 0 saturated carbocycles. The number of benzene rings is 1. The highest BCUT2D eigenvalue weighted by Gasteiger charge is 2.34. The average molecular weight is 425 g/mol. The Kier molecular flexibility index (Phi) is 3.85. The number of hydrogen-bond acceptors (Lipinski definition) is 4. The summed E-state index contributed by atoms with van der Waals surface area (Å²) in [6.07, 6.45) is -2.90. The van der Waals surface area contributed by atoms with Crippen LogP contribution >= 0.6 is 11.6 Å². The van der Waals surface area contributed by atoms with Crippen LogP contribution in [0.2, 0.25) is 5.28 Å². The van der Waals surface area contributed by atoms with Crippen LogP contribution in [0.5, 0.6) is 0 Å². The van der Waals surface area contributed by atoms with Gasteiger partial charge in [0.05, 0.1) is 16.8 Å². The summed E-state index contributed by atoms with van der Waals surface area (Å²) in [4.78, 5) is 15.7. The summed E-state index contributed by atoms with van der Waals surface area (Å²) in [5.74, 6) is -1.59. The molecule has 0 N–H and O–H groups in total. The maximum absolute atomic E-state index is 14.9. The third kappa shape index (κ3) is 3.77. The van der Waals surface area contributed by atoms with E-state index in [0.29, 0.717) is 33.1 Å². The summed E-state index contributed by atoms with van der Waals surface area (Å²) in [6, 6.07) is 7.05. The Bertz CT molecular complexity index is 1320. The first kappa shape index (κ1) is 15.8. The maximum atomic E-state index is 14.9. The topological polar surface area (TPSA) is 56.5 Å². The number of hydrogen-bond donors (Lipinski definition) is 0. The van der Waals surface area contributed by atoms with E-state index in [-0.39, 0.29) is 17.3 Å². The van der Waals surface area contributed by atoms with Gasteiger partial charge in [-0.25, -0.2) is 19.3 Å². The number of halogens is 5. The minimum absolute atomic E-state index is 0.0167. The van der Waals surface area contributed by atoms with Crippen LogP contribution in [0.3, 0.4) is 0 Å². The second-order valence-corrected chi connectivity index (χ2v) is 6.46. The fourth-order valence-electron chi connectivity index (χ4n) is 2.87. The Morgan fingerprint density at radius 1 is 1.17 bits per heavy atom. The lowest BCUT2D eigenvalue weighted by atomic mass is 10.0. The molecular formula is C19H12ClF4N5. The molecule has 0 fully saturated rings. The molecule has 0 aliphatic carbocycles. The predicted octanol–water partition coefficient (Wildman–Crippen LogP) is 4.83. The van der Waals surface area contributed by atoms with Crippen molar-refractivity contribution >= 4 is 22.6 Å². The zero-order chi connectivity index (χ0) is 23.3. The number of rotatable bonds is 3. The minimum Gasteiger partial charge on any atom is -0.333 e. The van der Waals surface area contributed by atoms with Crippen molar-refractivity contribution in [3.05, 3.63) is 70.8 Å². The van der Waals surface area contributed by atoms with Crippen molar-refractivity contribution in [1.82, 2.24) is 24.5 Å². The van der Waals surface area contributed by atoms with Crippen LogP contribution in [0.15, 0.2) is 42.7 Å². The first-order valence-corrected chi connectivity index (χ1v) is 8.54. The van der Waals surface area contributed by atoms with Gasteiger partial charge in [0, 0.05) is 29.9 Å². The Morgan fingerprint density at radius 3 is 2.72 bits per heavy atom. The Labute approximate surface area is 171 Å². The van der Waals surface area contributed by atoms with Gasteiger partial charge in [-0.05, 0) is 41.4 Å². The third-order valence-electron chi connectivity index (χ3n) is 4.14. The fourth-order valence-corrected chi connectivity index (χ4v) is 3.06. The molecule has 0 saturated heterocycles. The first-order valence-electron chi connectivity index (χ1n) is 9.66. The van der Waals surface area contributed by atoms with Gasteiger partial charge in [-0.15, -0.1) is 0 Å². The summed E-state index contributed by atoms with van der Waals surface area (Å²) >= 11 is 5.95. The second-order valence-electron chi connectivity index (χ2n) is 6.12. The molecule has 29 heavy (non-hydrogen) atoms. The van der Waals surface area contributed by atoms with Gasteiger partial charge in [0.15, 0.2) is 5.69 Å². The van der Waals surface area contributed by atoms with Crippen LogP contribution in [-0.4, -0.2) is 24.5 Å². The molecule has 0 spiro atoms. The van der Waals surface area contributed by atoms with Gasteiger partial charge in [0.25, 0.3) is 0 Å². The molecule has 0 unspecified atom stereocenters. The van der Waals surface area contributed by atoms with Gasteiger partial charge in [-0.2, -0.15) is 13.2 Å². The quantitative estimate of drug-likeness (QED) is 0.349. The van der Waals surface area contributed by atoms with E-state index in [1.54, 1.807) is 18.3 Å². The van der Waals surface area contributed by atoms with Crippen LogP contribution < -0.4 is 0 Å². The Hall–Kier alpha value is -3.07. The summed E-state index contributed by atoms with van der Waals surface area (Å²) in [6.45, 7) is -2.99. The zero-order valence-corrected chi connectivity index (χ0v) is 15.1. The lowest BCUT2D eigenvalue weighted by molar-refractivity contribution is -0.140. The van der Waals surface area contributed by atoms with E-state index in [2.05, 4.69) is 19.9 Å². The molecule has 3 heterocycles. The first-order chi connectivity index (χ1) is 14.9. The van der Waals surface area contributed by atoms with Crippen molar-refractivity contribution in [1.29, 1.82) is 0 Å². The molecular weight excluding hydrogens is 410 g/mol. The third-order valence-corrected chi connectivity index (χ3v) is 4.31. The van der Waals surface area contributed by atoms with E-state index < -0.39 is 30.5 Å². The molecule has 5 nitrogen and oxygen atoms in total. The van der Waals surface area contributed by atoms with E-state index in [4.69, 9.17) is 15.7 Å². The highest BCUT2D eigenvalue weighted by atomic mass is 35.5. The van der Waals surface area contributed by atoms with Crippen LogP contribution in [0.4, 0.5) is 17.6 Å². The molecule has 0 radical (unpaired) electrons. The molecule has 1 aromatic carbocycles. The molecule has 0 aliphatic heterocycles. The standard InChI is InChI=1S/C19H12ClF4N5/c1-29-9-15(19(22,23)24)28-17(29)11-5-4-10(7-12(11)21)8-14-16-13(3-2-6-25-16)26-18(20)27-14/h2-7,9H,8H2,1H3/i1D3. The summed E-state index contributed by atoms with van der Waals surface area (Å²) in [5.41, 5.74) is -0.00965. The fraction of sp³-hybridized carbons (Fsp3) is 0.158. The van der Waals surface area contributed by atoms with Crippen LogP contribution in [0.25, 0.3) is 22.4 Å². The Morgan fingerprint density at radius 2 is 2.00 bits per heavy atom. The lowest BCUT2D eigenvalue weighted by Crippen LogP contribution is -2.05. The normalized spacial score (nSPS) is 13.9. The lowest BCUT2D eigenvalue weighted by Gasteiger charge is -2.08. The highest BCUT2D eigenvalue weighted by Crippen LogP contribution is 2.31. The van der Waals surface area contributed by atoms with Crippen LogP contribution in [0.1, 0.15) is 21.1 Å². The Balaban J connectivity index is 1.75. The van der Waals surface area contributed by atoms with Gasteiger partial charge in [-0.1, -0.05) is 6.07 Å². The predicted molar refractivity (Wildman–Crippen MR) is 98.8 cm³/mol. The van der Waals surface area contributed by atoms with Crippen molar-refractivity contribution in [2.45, 2.75) is 12.6 Å².